The minimum absolute atomic E-state index is 0.220. The van der Waals surface area contributed by atoms with Crippen LogP contribution in [0.5, 0.6) is 0 Å². The van der Waals surface area contributed by atoms with Crippen LogP contribution in [-0.2, 0) is 20.5 Å². The SMILES string of the molecule is COC(=O)C1C(=O)C=C(Nc2cccc(C(F)(F)F)c2)CC1c1ccccc1. The molecule has 0 heterocycles. The summed E-state index contributed by atoms with van der Waals surface area (Å²) in [5.74, 6) is -2.53. The van der Waals surface area contributed by atoms with Gasteiger partial charge in [0.05, 0.1) is 12.7 Å². The van der Waals surface area contributed by atoms with Crippen molar-refractivity contribution in [2.45, 2.75) is 18.5 Å². The first-order valence-electron chi connectivity index (χ1n) is 8.61. The van der Waals surface area contributed by atoms with Crippen molar-refractivity contribution < 1.29 is 27.5 Å². The highest BCUT2D eigenvalue weighted by Crippen LogP contribution is 2.37. The number of carbonyl (C=O) groups is 2. The van der Waals surface area contributed by atoms with Gasteiger partial charge in [-0.05, 0) is 30.2 Å². The normalized spacial score (nSPS) is 19.7. The lowest BCUT2D eigenvalue weighted by molar-refractivity contribution is -0.149. The summed E-state index contributed by atoms with van der Waals surface area (Å²) in [6, 6.07) is 13.8. The molecular weight excluding hydrogens is 371 g/mol. The minimum atomic E-state index is -4.46. The molecule has 1 aliphatic rings. The zero-order chi connectivity index (χ0) is 20.3. The zero-order valence-corrected chi connectivity index (χ0v) is 15.0. The molecule has 0 bridgehead atoms. The number of halogens is 3. The van der Waals surface area contributed by atoms with Crippen LogP contribution in [0, 0.1) is 5.92 Å². The first-order chi connectivity index (χ1) is 13.3. The molecule has 0 saturated carbocycles. The van der Waals surface area contributed by atoms with E-state index in [9.17, 15) is 22.8 Å². The van der Waals surface area contributed by atoms with Crippen molar-refractivity contribution in [3.05, 3.63) is 77.5 Å². The van der Waals surface area contributed by atoms with Crippen molar-refractivity contribution in [1.82, 2.24) is 0 Å². The van der Waals surface area contributed by atoms with Gasteiger partial charge in [0.1, 0.15) is 5.92 Å². The summed E-state index contributed by atoms with van der Waals surface area (Å²) < 4.78 is 43.6. The number of allylic oxidation sites excluding steroid dienone is 2. The first kappa shape index (κ1) is 19.7. The van der Waals surface area contributed by atoms with Gasteiger partial charge in [0.25, 0.3) is 0 Å². The number of ether oxygens (including phenoxy) is 1. The lowest BCUT2D eigenvalue weighted by Crippen LogP contribution is -2.34. The maximum atomic E-state index is 12.9. The lowest BCUT2D eigenvalue weighted by atomic mass is 9.76. The molecule has 2 aromatic rings. The zero-order valence-electron chi connectivity index (χ0n) is 15.0. The topological polar surface area (TPSA) is 55.4 Å². The molecule has 2 atom stereocenters. The summed E-state index contributed by atoms with van der Waals surface area (Å²) >= 11 is 0. The molecule has 2 unspecified atom stereocenters. The standard InChI is InChI=1S/C21H18F3NO3/c1-28-20(27)19-17(13-6-3-2-4-7-13)11-16(12-18(19)26)25-15-9-5-8-14(10-15)21(22,23)24/h2-10,12,17,19,25H,11H2,1H3. The van der Waals surface area contributed by atoms with E-state index in [0.717, 1.165) is 17.7 Å². The largest absolute Gasteiger partial charge is 0.468 e. The molecule has 1 N–H and O–H groups in total. The number of esters is 1. The number of rotatable bonds is 4. The summed E-state index contributed by atoms with van der Waals surface area (Å²) in [5.41, 5.74) is 0.658. The highest BCUT2D eigenvalue weighted by Gasteiger charge is 2.39. The molecular formula is C21H18F3NO3. The van der Waals surface area contributed by atoms with Gasteiger partial charge in [0.2, 0.25) is 0 Å². The van der Waals surface area contributed by atoms with Gasteiger partial charge in [-0.25, -0.2) is 0 Å². The van der Waals surface area contributed by atoms with E-state index >= 15 is 0 Å². The molecule has 0 radical (unpaired) electrons. The quantitative estimate of drug-likeness (QED) is 0.616. The van der Waals surface area contributed by atoms with Gasteiger partial charge < -0.3 is 10.1 Å². The van der Waals surface area contributed by atoms with Crippen molar-refractivity contribution in [2.75, 3.05) is 12.4 Å². The number of ketones is 1. The number of hydrogen-bond donors (Lipinski definition) is 1. The molecule has 2 aromatic carbocycles. The van der Waals surface area contributed by atoms with Crippen LogP contribution in [0.4, 0.5) is 18.9 Å². The Labute approximate surface area is 160 Å². The summed E-state index contributed by atoms with van der Waals surface area (Å²) in [4.78, 5) is 24.8. The maximum Gasteiger partial charge on any atom is 0.416 e. The van der Waals surface area contributed by atoms with Crippen LogP contribution >= 0.6 is 0 Å². The summed E-state index contributed by atoms with van der Waals surface area (Å²) in [5, 5.41) is 2.89. The van der Waals surface area contributed by atoms with Gasteiger partial charge in [0.15, 0.2) is 5.78 Å². The molecule has 1 aliphatic carbocycles. The van der Waals surface area contributed by atoms with Gasteiger partial charge >= 0.3 is 12.1 Å². The van der Waals surface area contributed by atoms with E-state index in [4.69, 9.17) is 4.74 Å². The van der Waals surface area contributed by atoms with Crippen molar-refractivity contribution >= 4 is 17.4 Å². The van der Waals surface area contributed by atoms with Crippen LogP contribution < -0.4 is 5.32 Å². The molecule has 146 valence electrons. The van der Waals surface area contributed by atoms with Gasteiger partial charge in [-0.2, -0.15) is 13.2 Å². The molecule has 3 rings (SSSR count). The summed E-state index contributed by atoms with van der Waals surface area (Å²) in [7, 11) is 1.22. The van der Waals surface area contributed by atoms with E-state index in [1.165, 1.54) is 25.3 Å². The number of carbonyl (C=O) groups excluding carboxylic acids is 2. The van der Waals surface area contributed by atoms with Crippen LogP contribution in [0.15, 0.2) is 66.4 Å². The molecule has 4 nitrogen and oxygen atoms in total. The van der Waals surface area contributed by atoms with E-state index < -0.39 is 35.3 Å². The molecule has 0 saturated heterocycles. The van der Waals surface area contributed by atoms with Crippen molar-refractivity contribution in [2.24, 2.45) is 5.92 Å². The predicted octanol–water partition coefficient (Wildman–Crippen LogP) is 4.55. The average Bonchev–Trinajstić information content (AvgIpc) is 2.67. The van der Waals surface area contributed by atoms with E-state index in [-0.39, 0.29) is 12.1 Å². The molecule has 0 spiro atoms. The number of nitrogens with one attached hydrogen (secondary N) is 1. The van der Waals surface area contributed by atoms with Gasteiger partial charge in [-0.1, -0.05) is 36.4 Å². The van der Waals surface area contributed by atoms with Crippen molar-refractivity contribution in [3.63, 3.8) is 0 Å². The van der Waals surface area contributed by atoms with Crippen LogP contribution in [0.1, 0.15) is 23.5 Å². The third-order valence-electron chi connectivity index (χ3n) is 4.64. The molecule has 0 amide bonds. The second-order valence-electron chi connectivity index (χ2n) is 6.50. The fourth-order valence-corrected chi connectivity index (χ4v) is 3.34. The third-order valence-corrected chi connectivity index (χ3v) is 4.64. The van der Waals surface area contributed by atoms with Gasteiger partial charge in [0, 0.05) is 23.4 Å². The predicted molar refractivity (Wildman–Crippen MR) is 97.5 cm³/mol. The summed E-state index contributed by atoms with van der Waals surface area (Å²) in [6.45, 7) is 0. The van der Waals surface area contributed by atoms with Crippen molar-refractivity contribution in [1.29, 1.82) is 0 Å². The Bertz CT molecular complexity index is 907. The number of alkyl halides is 3. The highest BCUT2D eigenvalue weighted by atomic mass is 19.4. The molecule has 0 fully saturated rings. The van der Waals surface area contributed by atoms with E-state index in [1.807, 2.05) is 6.07 Å². The summed E-state index contributed by atoms with van der Waals surface area (Å²) in [6.07, 6.45) is -2.91. The second-order valence-corrected chi connectivity index (χ2v) is 6.50. The number of methoxy groups -OCH3 is 1. The van der Waals surface area contributed by atoms with E-state index in [1.54, 1.807) is 24.3 Å². The van der Waals surface area contributed by atoms with E-state index in [0.29, 0.717) is 5.70 Å². The molecule has 0 aliphatic heterocycles. The molecule has 0 aromatic heterocycles. The lowest BCUT2D eigenvalue weighted by Gasteiger charge is -2.29. The molecule has 7 heteroatoms. The van der Waals surface area contributed by atoms with Gasteiger partial charge in [-0.3, -0.25) is 9.59 Å². The number of hydrogen-bond acceptors (Lipinski definition) is 4. The first-order valence-corrected chi connectivity index (χ1v) is 8.61. The second kappa shape index (κ2) is 7.88. The van der Waals surface area contributed by atoms with Crippen LogP contribution in [-0.4, -0.2) is 18.9 Å². The Morgan fingerprint density at radius 3 is 2.46 bits per heavy atom. The van der Waals surface area contributed by atoms with Gasteiger partial charge in [-0.15, -0.1) is 0 Å². The third kappa shape index (κ3) is 4.24. The Morgan fingerprint density at radius 2 is 1.82 bits per heavy atom. The Hall–Kier alpha value is -3.09. The highest BCUT2D eigenvalue weighted by molar-refractivity contribution is 6.07. The fraction of sp³-hybridized carbons (Fsp3) is 0.238. The van der Waals surface area contributed by atoms with E-state index in [2.05, 4.69) is 5.32 Å². The monoisotopic (exact) mass is 389 g/mol. The Kier molecular flexibility index (Phi) is 5.53. The maximum absolute atomic E-state index is 12.9. The Morgan fingerprint density at radius 1 is 1.11 bits per heavy atom. The number of anilines is 1. The van der Waals surface area contributed by atoms with Crippen LogP contribution in [0.3, 0.4) is 0 Å². The number of benzene rings is 2. The van der Waals surface area contributed by atoms with Crippen LogP contribution in [0.2, 0.25) is 0 Å². The smallest absolute Gasteiger partial charge is 0.416 e. The minimum Gasteiger partial charge on any atom is -0.468 e. The van der Waals surface area contributed by atoms with Crippen molar-refractivity contribution in [3.8, 4) is 0 Å². The van der Waals surface area contributed by atoms with Crippen LogP contribution in [0.25, 0.3) is 0 Å². The Balaban J connectivity index is 1.91. The fourth-order valence-electron chi connectivity index (χ4n) is 3.34. The average molecular weight is 389 g/mol. The molecule has 28 heavy (non-hydrogen) atoms.